The minimum absolute atomic E-state index is 0.353. The maximum absolute atomic E-state index is 6.13. The van der Waals surface area contributed by atoms with Crippen molar-refractivity contribution in [1.29, 1.82) is 0 Å². The minimum Gasteiger partial charge on any atom is -0.404 e. The first-order valence-electron chi connectivity index (χ1n) is 7.05. The average molecular weight is 431 g/mol. The summed E-state index contributed by atoms with van der Waals surface area (Å²) in [7, 11) is 0. The van der Waals surface area contributed by atoms with E-state index in [-0.39, 0.29) is 0 Å². The highest BCUT2D eigenvalue weighted by Gasteiger charge is 2.15. The van der Waals surface area contributed by atoms with Crippen molar-refractivity contribution >= 4 is 57.3 Å². The predicted molar refractivity (Wildman–Crippen MR) is 98.5 cm³/mol. The zero-order chi connectivity index (χ0) is 15.5. The van der Waals surface area contributed by atoms with Crippen LogP contribution in [-0.4, -0.2) is 38.1 Å². The Morgan fingerprint density at radius 1 is 1.45 bits per heavy atom. The molecule has 3 rings (SSSR count). The predicted octanol–water partition coefficient (Wildman–Crippen LogP) is 2.41. The van der Waals surface area contributed by atoms with Crippen molar-refractivity contribution < 1.29 is 0 Å². The maximum atomic E-state index is 6.13. The van der Waals surface area contributed by atoms with Gasteiger partial charge >= 0.3 is 0 Å². The number of rotatable bonds is 3. The van der Waals surface area contributed by atoms with Gasteiger partial charge in [0.05, 0.1) is 40.0 Å². The van der Waals surface area contributed by atoms with E-state index in [4.69, 9.17) is 17.3 Å². The summed E-state index contributed by atoms with van der Waals surface area (Å²) in [4.78, 5) is 12.9. The summed E-state index contributed by atoms with van der Waals surface area (Å²) in [6.07, 6.45) is 6.98. The second-order valence-electron chi connectivity index (χ2n) is 5.09. The summed E-state index contributed by atoms with van der Waals surface area (Å²) in [6.45, 7) is 2.03. The quantitative estimate of drug-likeness (QED) is 0.445. The van der Waals surface area contributed by atoms with Crippen LogP contribution in [0.1, 0.15) is 18.5 Å². The van der Waals surface area contributed by atoms with Gasteiger partial charge in [-0.3, -0.25) is 7.77 Å². The Kier molecular flexibility index (Phi) is 4.94. The largest absolute Gasteiger partial charge is 0.404 e. The molecule has 116 valence electrons. The molecule has 0 atom stereocenters. The highest BCUT2D eigenvalue weighted by Crippen LogP contribution is 2.28. The number of halogens is 2. The lowest BCUT2D eigenvalue weighted by molar-refractivity contribution is 0.461. The number of aliphatic imine (C=N–C) groups is 1. The standard InChI is InChI=1S/C14H16ClIN6/c15-13-11-5-12(22(16)14(11)21-8-20-13)9(6-17)7-19-10-1-3-18-4-2-10/h5-8,10,18H,1-4,17H2/b9-6+,19-7?. The summed E-state index contributed by atoms with van der Waals surface area (Å²) in [5, 5.41) is 4.58. The molecule has 3 N–H and O–H groups in total. The summed E-state index contributed by atoms with van der Waals surface area (Å²) in [5.41, 5.74) is 8.33. The minimum atomic E-state index is 0.353. The monoisotopic (exact) mass is 430 g/mol. The smallest absolute Gasteiger partial charge is 0.154 e. The molecule has 0 spiro atoms. The van der Waals surface area contributed by atoms with Crippen LogP contribution in [0.25, 0.3) is 16.6 Å². The number of aromatic nitrogens is 3. The van der Waals surface area contributed by atoms with Crippen LogP contribution in [-0.2, 0) is 0 Å². The van der Waals surface area contributed by atoms with E-state index in [9.17, 15) is 0 Å². The molecule has 1 aliphatic heterocycles. The number of nitrogens with one attached hydrogen (secondary N) is 1. The van der Waals surface area contributed by atoms with Gasteiger partial charge in [-0.1, -0.05) is 11.6 Å². The van der Waals surface area contributed by atoms with E-state index >= 15 is 0 Å². The fourth-order valence-corrected chi connectivity index (χ4v) is 3.47. The Labute approximate surface area is 147 Å². The molecule has 0 amide bonds. The summed E-state index contributed by atoms with van der Waals surface area (Å²) in [5.74, 6) is 0. The molecule has 1 fully saturated rings. The van der Waals surface area contributed by atoms with E-state index in [1.165, 1.54) is 6.33 Å². The molecule has 2 aromatic rings. The van der Waals surface area contributed by atoms with Crippen LogP contribution < -0.4 is 11.1 Å². The van der Waals surface area contributed by atoms with Gasteiger partial charge < -0.3 is 11.1 Å². The summed E-state index contributed by atoms with van der Waals surface area (Å²) in [6, 6.07) is 2.30. The van der Waals surface area contributed by atoms with Crippen molar-refractivity contribution in [2.45, 2.75) is 18.9 Å². The Morgan fingerprint density at radius 3 is 2.91 bits per heavy atom. The summed E-state index contributed by atoms with van der Waals surface area (Å²) < 4.78 is 1.92. The average Bonchev–Trinajstić information content (AvgIpc) is 2.88. The maximum Gasteiger partial charge on any atom is 0.154 e. The van der Waals surface area contributed by atoms with Crippen LogP contribution in [0.15, 0.2) is 23.6 Å². The van der Waals surface area contributed by atoms with Gasteiger partial charge in [-0.05, 0) is 32.0 Å². The molecule has 22 heavy (non-hydrogen) atoms. The molecule has 0 unspecified atom stereocenters. The van der Waals surface area contributed by atoms with Gasteiger partial charge in [0.1, 0.15) is 11.5 Å². The molecule has 1 aliphatic rings. The van der Waals surface area contributed by atoms with Crippen molar-refractivity contribution in [2.75, 3.05) is 13.1 Å². The molecule has 6 nitrogen and oxygen atoms in total. The van der Waals surface area contributed by atoms with Crippen molar-refractivity contribution in [3.8, 4) is 0 Å². The number of nitrogens with zero attached hydrogens (tertiary/aromatic N) is 4. The van der Waals surface area contributed by atoms with E-state index in [2.05, 4.69) is 43.1 Å². The van der Waals surface area contributed by atoms with Gasteiger partial charge in [0.25, 0.3) is 0 Å². The zero-order valence-electron chi connectivity index (χ0n) is 11.8. The van der Waals surface area contributed by atoms with Crippen LogP contribution in [0.3, 0.4) is 0 Å². The fraction of sp³-hybridized carbons (Fsp3) is 0.357. The third-order valence-corrected chi connectivity index (χ3v) is 4.98. The molecule has 0 saturated carbocycles. The van der Waals surface area contributed by atoms with E-state index in [1.807, 2.05) is 15.1 Å². The molecule has 8 heteroatoms. The molecular formula is C14H16ClIN6. The number of piperidine rings is 1. The SMILES string of the molecule is N/C=C(\C=NC1CCNCC1)c1cc2c(Cl)ncnc2n1I. The topological polar surface area (TPSA) is 81.1 Å². The van der Waals surface area contributed by atoms with E-state index in [1.54, 1.807) is 6.20 Å². The normalized spacial score (nSPS) is 17.6. The Hall–Kier alpha value is -1.19. The number of fused-ring (bicyclic) bond motifs is 1. The fourth-order valence-electron chi connectivity index (χ4n) is 2.49. The number of hydrogen-bond acceptors (Lipinski definition) is 5. The molecule has 2 aromatic heterocycles. The third kappa shape index (κ3) is 3.11. The summed E-state index contributed by atoms with van der Waals surface area (Å²) >= 11 is 8.31. The van der Waals surface area contributed by atoms with Crippen molar-refractivity contribution in [3.05, 3.63) is 29.4 Å². The third-order valence-electron chi connectivity index (χ3n) is 3.70. The van der Waals surface area contributed by atoms with Crippen molar-refractivity contribution in [1.82, 2.24) is 18.1 Å². The second kappa shape index (κ2) is 6.93. The number of nitrogens with two attached hydrogens (primary N) is 1. The van der Waals surface area contributed by atoms with Crippen LogP contribution >= 0.6 is 34.5 Å². The highest BCUT2D eigenvalue weighted by molar-refractivity contribution is 14.1. The molecule has 1 saturated heterocycles. The van der Waals surface area contributed by atoms with E-state index in [0.29, 0.717) is 11.2 Å². The first-order valence-corrected chi connectivity index (χ1v) is 8.39. The molecule has 0 radical (unpaired) electrons. The number of hydrogen-bond donors (Lipinski definition) is 2. The van der Waals surface area contributed by atoms with Gasteiger partial charge in [0.15, 0.2) is 5.65 Å². The van der Waals surface area contributed by atoms with Gasteiger partial charge in [0.2, 0.25) is 0 Å². The van der Waals surface area contributed by atoms with E-state index < -0.39 is 0 Å². The first kappa shape index (κ1) is 15.7. The van der Waals surface area contributed by atoms with Crippen molar-refractivity contribution in [3.63, 3.8) is 0 Å². The molecule has 0 bridgehead atoms. The first-order chi connectivity index (χ1) is 10.7. The molecule has 3 heterocycles. The van der Waals surface area contributed by atoms with Gasteiger partial charge in [-0.25, -0.2) is 9.97 Å². The van der Waals surface area contributed by atoms with Gasteiger partial charge in [0, 0.05) is 18.0 Å². The van der Waals surface area contributed by atoms with Gasteiger partial charge in [-0.15, -0.1) is 0 Å². The van der Waals surface area contributed by atoms with E-state index in [0.717, 1.165) is 48.2 Å². The van der Waals surface area contributed by atoms with Crippen LogP contribution in [0.2, 0.25) is 5.15 Å². The lowest BCUT2D eigenvalue weighted by atomic mass is 10.1. The lowest BCUT2D eigenvalue weighted by Gasteiger charge is -2.18. The second-order valence-corrected chi connectivity index (χ2v) is 6.42. The number of allylic oxidation sites excluding steroid dienone is 1. The van der Waals surface area contributed by atoms with Crippen molar-refractivity contribution in [2.24, 2.45) is 10.7 Å². The van der Waals surface area contributed by atoms with Gasteiger partial charge in [-0.2, -0.15) is 0 Å². The molecule has 0 aliphatic carbocycles. The zero-order valence-corrected chi connectivity index (χ0v) is 14.8. The Bertz CT molecular complexity index is 732. The van der Waals surface area contributed by atoms with Crippen LogP contribution in [0.5, 0.6) is 0 Å². The lowest BCUT2D eigenvalue weighted by Crippen LogP contribution is -2.29. The van der Waals surface area contributed by atoms with Crippen LogP contribution in [0, 0.1) is 0 Å². The molecular weight excluding hydrogens is 415 g/mol. The molecule has 0 aromatic carbocycles. The Balaban J connectivity index is 1.92. The van der Waals surface area contributed by atoms with Crippen LogP contribution in [0.4, 0.5) is 0 Å². The highest BCUT2D eigenvalue weighted by atomic mass is 127. The Morgan fingerprint density at radius 2 is 2.23 bits per heavy atom.